The van der Waals surface area contributed by atoms with Gasteiger partial charge in [0.25, 0.3) is 0 Å². The SMILES string of the molecule is Cc1nn(CC(=O)Nc2ccc(CN3CCCC[C@@H]3C)cc2)c(C)c1[N+](=O)[O-]. The van der Waals surface area contributed by atoms with Gasteiger partial charge >= 0.3 is 5.69 Å². The van der Waals surface area contributed by atoms with Gasteiger partial charge in [-0.2, -0.15) is 5.10 Å². The number of nitrogens with one attached hydrogen (secondary N) is 1. The van der Waals surface area contributed by atoms with E-state index in [1.165, 1.54) is 29.5 Å². The summed E-state index contributed by atoms with van der Waals surface area (Å²) >= 11 is 0. The van der Waals surface area contributed by atoms with E-state index in [9.17, 15) is 14.9 Å². The lowest BCUT2D eigenvalue weighted by Gasteiger charge is -2.33. The standard InChI is InChI=1S/C20H27N5O3/c1-14-6-4-5-11-23(14)12-17-7-9-18(10-8-17)21-19(26)13-24-16(3)20(25(27)28)15(2)22-24/h7-10,14H,4-6,11-13H2,1-3H3,(H,21,26)/t14-/m0/s1. The van der Waals surface area contributed by atoms with Crippen molar-refractivity contribution in [3.8, 4) is 0 Å². The summed E-state index contributed by atoms with van der Waals surface area (Å²) in [6.07, 6.45) is 3.81. The first-order valence-electron chi connectivity index (χ1n) is 9.66. The van der Waals surface area contributed by atoms with Crippen molar-refractivity contribution in [2.45, 2.75) is 59.2 Å². The minimum absolute atomic E-state index is 0.0379. The maximum absolute atomic E-state index is 12.3. The van der Waals surface area contributed by atoms with E-state index in [1.54, 1.807) is 13.8 Å². The molecular weight excluding hydrogens is 358 g/mol. The summed E-state index contributed by atoms with van der Waals surface area (Å²) in [6, 6.07) is 8.46. The van der Waals surface area contributed by atoms with Gasteiger partial charge in [-0.3, -0.25) is 24.5 Å². The average Bonchev–Trinajstić information content (AvgIpc) is 2.92. The van der Waals surface area contributed by atoms with Gasteiger partial charge in [0.15, 0.2) is 0 Å². The Morgan fingerprint density at radius 1 is 1.29 bits per heavy atom. The highest BCUT2D eigenvalue weighted by atomic mass is 16.6. The second-order valence-corrected chi connectivity index (χ2v) is 7.49. The Morgan fingerprint density at radius 2 is 2.00 bits per heavy atom. The monoisotopic (exact) mass is 385 g/mol. The van der Waals surface area contributed by atoms with Gasteiger partial charge in [0, 0.05) is 18.3 Å². The summed E-state index contributed by atoms with van der Waals surface area (Å²) < 4.78 is 1.37. The van der Waals surface area contributed by atoms with Crippen LogP contribution in [0.2, 0.25) is 0 Å². The summed E-state index contributed by atoms with van der Waals surface area (Å²) in [5, 5.41) is 18.0. The Kier molecular flexibility index (Phi) is 6.08. The maximum atomic E-state index is 12.3. The van der Waals surface area contributed by atoms with Crippen LogP contribution in [0.5, 0.6) is 0 Å². The van der Waals surface area contributed by atoms with E-state index in [4.69, 9.17) is 0 Å². The number of aromatic nitrogens is 2. The molecule has 0 aliphatic carbocycles. The molecule has 1 saturated heterocycles. The summed E-state index contributed by atoms with van der Waals surface area (Å²) in [7, 11) is 0. The van der Waals surface area contributed by atoms with Gasteiger partial charge in [0.05, 0.1) is 4.92 Å². The number of nitro groups is 1. The van der Waals surface area contributed by atoms with E-state index in [0.717, 1.165) is 13.1 Å². The molecule has 2 aromatic rings. The number of aryl methyl sites for hydroxylation is 1. The number of hydrogen-bond acceptors (Lipinski definition) is 5. The lowest BCUT2D eigenvalue weighted by molar-refractivity contribution is -0.386. The molecular formula is C20H27N5O3. The van der Waals surface area contributed by atoms with Crippen molar-refractivity contribution in [1.29, 1.82) is 0 Å². The first kappa shape index (κ1) is 20.0. The van der Waals surface area contributed by atoms with Crippen LogP contribution >= 0.6 is 0 Å². The molecule has 1 aromatic carbocycles. The molecule has 1 aliphatic rings. The van der Waals surface area contributed by atoms with Crippen LogP contribution in [0.3, 0.4) is 0 Å². The van der Waals surface area contributed by atoms with Crippen molar-refractivity contribution in [3.05, 3.63) is 51.3 Å². The number of hydrogen-bond donors (Lipinski definition) is 1. The highest BCUT2D eigenvalue weighted by Gasteiger charge is 2.23. The fourth-order valence-corrected chi connectivity index (χ4v) is 3.76. The van der Waals surface area contributed by atoms with Gasteiger partial charge in [-0.25, -0.2) is 0 Å². The van der Waals surface area contributed by atoms with Gasteiger partial charge in [-0.1, -0.05) is 18.6 Å². The van der Waals surface area contributed by atoms with Crippen LogP contribution < -0.4 is 5.32 Å². The largest absolute Gasteiger partial charge is 0.324 e. The summed E-state index contributed by atoms with van der Waals surface area (Å²) in [5.41, 5.74) is 2.58. The van der Waals surface area contributed by atoms with E-state index in [0.29, 0.717) is 23.1 Å². The number of anilines is 1. The molecule has 1 amide bonds. The van der Waals surface area contributed by atoms with Crippen molar-refractivity contribution < 1.29 is 9.72 Å². The molecule has 1 atom stereocenters. The first-order valence-corrected chi connectivity index (χ1v) is 9.66. The summed E-state index contributed by atoms with van der Waals surface area (Å²) in [5.74, 6) is -0.266. The topological polar surface area (TPSA) is 93.3 Å². The Hall–Kier alpha value is -2.74. The zero-order valence-electron chi connectivity index (χ0n) is 16.6. The third kappa shape index (κ3) is 4.56. The second kappa shape index (κ2) is 8.52. The molecule has 1 N–H and O–H groups in total. The van der Waals surface area contributed by atoms with Gasteiger partial charge in [0.2, 0.25) is 5.91 Å². The molecule has 0 bridgehead atoms. The fourth-order valence-electron chi connectivity index (χ4n) is 3.76. The average molecular weight is 385 g/mol. The first-order chi connectivity index (χ1) is 13.3. The number of carbonyl (C=O) groups excluding carboxylic acids is 1. The van der Waals surface area contributed by atoms with Gasteiger partial charge in [0.1, 0.15) is 17.9 Å². The smallest absolute Gasteiger partial charge is 0.312 e. The quantitative estimate of drug-likeness (QED) is 0.607. The van der Waals surface area contributed by atoms with E-state index < -0.39 is 4.92 Å². The molecule has 0 saturated carbocycles. The van der Waals surface area contributed by atoms with Gasteiger partial charge < -0.3 is 5.32 Å². The lowest BCUT2D eigenvalue weighted by atomic mass is 10.0. The predicted octanol–water partition coefficient (Wildman–Crippen LogP) is 3.42. The molecule has 1 fully saturated rings. The minimum Gasteiger partial charge on any atom is -0.324 e. The van der Waals surface area contributed by atoms with Crippen molar-refractivity contribution in [2.75, 3.05) is 11.9 Å². The van der Waals surface area contributed by atoms with Crippen molar-refractivity contribution in [1.82, 2.24) is 14.7 Å². The van der Waals surface area contributed by atoms with Crippen LogP contribution in [0.15, 0.2) is 24.3 Å². The number of nitrogens with zero attached hydrogens (tertiary/aromatic N) is 4. The molecule has 8 nitrogen and oxygen atoms in total. The number of likely N-dealkylation sites (tertiary alicyclic amines) is 1. The number of benzene rings is 1. The highest BCUT2D eigenvalue weighted by molar-refractivity contribution is 5.90. The Labute approximate surface area is 164 Å². The van der Waals surface area contributed by atoms with E-state index in [1.807, 2.05) is 24.3 Å². The molecule has 1 aliphatic heterocycles. The normalized spacial score (nSPS) is 17.5. The van der Waals surface area contributed by atoms with E-state index in [-0.39, 0.29) is 18.1 Å². The van der Waals surface area contributed by atoms with Crippen molar-refractivity contribution in [3.63, 3.8) is 0 Å². The molecule has 3 rings (SSSR count). The molecule has 28 heavy (non-hydrogen) atoms. The number of rotatable bonds is 6. The van der Waals surface area contributed by atoms with Gasteiger partial charge in [-0.05, 0) is 57.9 Å². The molecule has 0 radical (unpaired) electrons. The Balaban J connectivity index is 1.59. The third-order valence-electron chi connectivity index (χ3n) is 5.38. The summed E-state index contributed by atoms with van der Waals surface area (Å²) in [6.45, 7) is 7.44. The molecule has 2 heterocycles. The molecule has 8 heteroatoms. The Morgan fingerprint density at radius 3 is 2.61 bits per heavy atom. The minimum atomic E-state index is -0.464. The number of amides is 1. The van der Waals surface area contributed by atoms with Crippen molar-refractivity contribution >= 4 is 17.3 Å². The van der Waals surface area contributed by atoms with Crippen LogP contribution in [0.1, 0.15) is 43.1 Å². The zero-order chi connectivity index (χ0) is 20.3. The molecule has 1 aromatic heterocycles. The fraction of sp³-hybridized carbons (Fsp3) is 0.500. The molecule has 0 unspecified atom stereocenters. The number of carbonyl (C=O) groups is 1. The van der Waals surface area contributed by atoms with Crippen LogP contribution in [0.4, 0.5) is 11.4 Å². The molecule has 0 spiro atoms. The zero-order valence-corrected chi connectivity index (χ0v) is 16.6. The lowest BCUT2D eigenvalue weighted by Crippen LogP contribution is -2.36. The van der Waals surface area contributed by atoms with Crippen LogP contribution in [0, 0.1) is 24.0 Å². The van der Waals surface area contributed by atoms with Gasteiger partial charge in [-0.15, -0.1) is 0 Å². The van der Waals surface area contributed by atoms with Crippen molar-refractivity contribution in [2.24, 2.45) is 0 Å². The van der Waals surface area contributed by atoms with Crippen LogP contribution in [-0.4, -0.2) is 38.1 Å². The predicted molar refractivity (Wildman–Crippen MR) is 107 cm³/mol. The maximum Gasteiger partial charge on any atom is 0.312 e. The second-order valence-electron chi connectivity index (χ2n) is 7.49. The van der Waals surface area contributed by atoms with Crippen LogP contribution in [-0.2, 0) is 17.9 Å². The molecule has 150 valence electrons. The number of piperidine rings is 1. The summed E-state index contributed by atoms with van der Waals surface area (Å²) in [4.78, 5) is 25.4. The highest BCUT2D eigenvalue weighted by Crippen LogP contribution is 2.22. The van der Waals surface area contributed by atoms with E-state index in [2.05, 4.69) is 22.2 Å². The Bertz CT molecular complexity index is 859. The van der Waals surface area contributed by atoms with E-state index >= 15 is 0 Å². The third-order valence-corrected chi connectivity index (χ3v) is 5.38. The van der Waals surface area contributed by atoms with Crippen LogP contribution in [0.25, 0.3) is 0 Å².